The molecule has 0 fully saturated rings. The molecule has 0 bridgehead atoms. The number of ether oxygens (including phenoxy) is 2. The molecule has 0 aliphatic carbocycles. The molecule has 0 spiro atoms. The zero-order chi connectivity index (χ0) is 20.0. The van der Waals surface area contributed by atoms with Gasteiger partial charge in [-0.2, -0.15) is 0 Å². The van der Waals surface area contributed by atoms with Gasteiger partial charge < -0.3 is 15.2 Å². The van der Waals surface area contributed by atoms with Gasteiger partial charge in [-0.1, -0.05) is 0 Å². The predicted molar refractivity (Wildman–Crippen MR) is 103 cm³/mol. The van der Waals surface area contributed by atoms with Gasteiger partial charge in [-0.25, -0.2) is 18.4 Å². The van der Waals surface area contributed by atoms with E-state index in [-0.39, 0.29) is 10.6 Å². The summed E-state index contributed by atoms with van der Waals surface area (Å²) in [6.45, 7) is 4.94. The van der Waals surface area contributed by atoms with E-state index in [0.717, 1.165) is 0 Å². The molecule has 9 heteroatoms. The fourth-order valence-corrected chi connectivity index (χ4v) is 3.98. The van der Waals surface area contributed by atoms with Gasteiger partial charge in [0, 0.05) is 24.0 Å². The number of hydrogen-bond acceptors (Lipinski definition) is 7. The first-order chi connectivity index (χ1) is 12.6. The maximum absolute atomic E-state index is 13.0. The summed E-state index contributed by atoms with van der Waals surface area (Å²) in [6.07, 6.45) is 4.75. The van der Waals surface area contributed by atoms with E-state index in [0.29, 0.717) is 28.5 Å². The lowest BCUT2D eigenvalue weighted by Gasteiger charge is -2.21. The van der Waals surface area contributed by atoms with Crippen molar-refractivity contribution >= 4 is 21.2 Å². The first-order valence-electron chi connectivity index (χ1n) is 8.19. The Labute approximate surface area is 157 Å². The van der Waals surface area contributed by atoms with Gasteiger partial charge >= 0.3 is 0 Å². The van der Waals surface area contributed by atoms with Crippen molar-refractivity contribution in [3.8, 4) is 22.9 Å². The Morgan fingerprint density at radius 2 is 1.78 bits per heavy atom. The Kier molecular flexibility index (Phi) is 4.51. The molecule has 8 nitrogen and oxygen atoms in total. The number of nitrogen functional groups attached to an aromatic ring is 1. The highest BCUT2D eigenvalue weighted by Gasteiger charge is 2.34. The molecule has 27 heavy (non-hydrogen) atoms. The molecule has 3 rings (SSSR count). The number of rotatable bonds is 4. The van der Waals surface area contributed by atoms with Crippen molar-refractivity contribution in [1.82, 2.24) is 14.4 Å². The Morgan fingerprint density at radius 1 is 1.07 bits per heavy atom. The molecule has 3 aromatic rings. The highest BCUT2D eigenvalue weighted by atomic mass is 32.2. The van der Waals surface area contributed by atoms with Crippen molar-refractivity contribution in [3.63, 3.8) is 0 Å². The van der Waals surface area contributed by atoms with Crippen LogP contribution in [-0.4, -0.2) is 41.8 Å². The fourth-order valence-electron chi connectivity index (χ4n) is 2.67. The molecule has 0 saturated heterocycles. The van der Waals surface area contributed by atoms with E-state index in [1.165, 1.54) is 20.4 Å². The number of nitrogens with zero attached hydrogens (tertiary/aromatic N) is 3. The van der Waals surface area contributed by atoms with Crippen LogP contribution in [0.25, 0.3) is 16.9 Å². The van der Waals surface area contributed by atoms with Crippen molar-refractivity contribution in [2.24, 2.45) is 0 Å². The van der Waals surface area contributed by atoms with Crippen LogP contribution in [0.5, 0.6) is 11.6 Å². The average molecular weight is 390 g/mol. The maximum Gasteiger partial charge on any atom is 0.236 e. The largest absolute Gasteiger partial charge is 0.495 e. The average Bonchev–Trinajstić information content (AvgIpc) is 3.02. The van der Waals surface area contributed by atoms with E-state index in [2.05, 4.69) is 9.97 Å². The molecule has 0 aliphatic rings. The van der Waals surface area contributed by atoms with Crippen molar-refractivity contribution < 1.29 is 17.9 Å². The molecular weight excluding hydrogens is 368 g/mol. The Bertz CT molecular complexity index is 1110. The van der Waals surface area contributed by atoms with Crippen LogP contribution in [0.3, 0.4) is 0 Å². The Morgan fingerprint density at radius 3 is 2.33 bits per heavy atom. The minimum atomic E-state index is -3.64. The molecule has 0 radical (unpaired) electrons. The first kappa shape index (κ1) is 19.0. The zero-order valence-corrected chi connectivity index (χ0v) is 16.7. The molecule has 0 saturated carbocycles. The van der Waals surface area contributed by atoms with Crippen LogP contribution in [0.2, 0.25) is 0 Å². The summed E-state index contributed by atoms with van der Waals surface area (Å²) in [5.41, 5.74) is 8.21. The lowest BCUT2D eigenvalue weighted by molar-refractivity contribution is 0.400. The van der Waals surface area contributed by atoms with Gasteiger partial charge in [-0.05, 0) is 26.8 Å². The summed E-state index contributed by atoms with van der Waals surface area (Å²) in [5.74, 6) is 0.576. The number of hydrogen-bond donors (Lipinski definition) is 1. The number of nitrogens with two attached hydrogens (primary N) is 1. The van der Waals surface area contributed by atoms with Crippen molar-refractivity contribution in [2.75, 3.05) is 20.0 Å². The first-order valence-corrected chi connectivity index (χ1v) is 9.68. The smallest absolute Gasteiger partial charge is 0.236 e. The minimum absolute atomic E-state index is 0.0960. The molecule has 0 aromatic carbocycles. The number of methoxy groups -OCH3 is 2. The Hall–Kier alpha value is -2.81. The van der Waals surface area contributed by atoms with E-state index in [1.807, 2.05) is 0 Å². The Balaban J connectivity index is 2.27. The highest BCUT2D eigenvalue weighted by molar-refractivity contribution is 7.92. The second-order valence-corrected chi connectivity index (χ2v) is 9.69. The molecule has 2 N–H and O–H groups in total. The standard InChI is InChI=1S/C18H22N4O4S/c1-18(2,3)27(23,24)15-10-22-13(9-20-16(22)7-14(15)25-4)11-6-12(19)17(26-5)21-8-11/h6-10H,19H2,1-5H3. The van der Waals surface area contributed by atoms with Crippen molar-refractivity contribution in [2.45, 2.75) is 30.4 Å². The molecule has 0 amide bonds. The van der Waals surface area contributed by atoms with Gasteiger partial charge in [-0.3, -0.25) is 4.40 Å². The van der Waals surface area contributed by atoms with E-state index in [4.69, 9.17) is 15.2 Å². The van der Waals surface area contributed by atoms with E-state index in [9.17, 15) is 8.42 Å². The SMILES string of the molecule is COc1cc2ncc(-c3cnc(OC)c(N)c3)n2cc1S(=O)(=O)C(C)(C)C. The number of sulfone groups is 1. The van der Waals surface area contributed by atoms with Gasteiger partial charge in [0.1, 0.15) is 16.3 Å². The van der Waals surface area contributed by atoms with Gasteiger partial charge in [0.2, 0.25) is 5.88 Å². The third-order valence-corrected chi connectivity index (χ3v) is 6.76. The quantitative estimate of drug-likeness (QED) is 0.729. The molecule has 0 unspecified atom stereocenters. The minimum Gasteiger partial charge on any atom is -0.495 e. The van der Waals surface area contributed by atoms with Crippen LogP contribution >= 0.6 is 0 Å². The fraction of sp³-hybridized carbons (Fsp3) is 0.333. The van der Waals surface area contributed by atoms with E-state index < -0.39 is 14.6 Å². The summed E-state index contributed by atoms with van der Waals surface area (Å²) in [5, 5.41) is 0. The maximum atomic E-state index is 13.0. The summed E-state index contributed by atoms with van der Waals surface area (Å²) in [6, 6.07) is 3.31. The second kappa shape index (κ2) is 6.41. The van der Waals surface area contributed by atoms with Crippen LogP contribution in [0, 0.1) is 0 Å². The van der Waals surface area contributed by atoms with Crippen molar-refractivity contribution in [3.05, 3.63) is 30.7 Å². The number of fused-ring (bicyclic) bond motifs is 1. The third-order valence-electron chi connectivity index (χ3n) is 4.26. The summed E-state index contributed by atoms with van der Waals surface area (Å²) in [4.78, 5) is 8.62. The third kappa shape index (κ3) is 3.08. The molecule has 0 atom stereocenters. The summed E-state index contributed by atoms with van der Waals surface area (Å²) >= 11 is 0. The van der Waals surface area contributed by atoms with Crippen LogP contribution in [0.15, 0.2) is 35.6 Å². The summed E-state index contributed by atoms with van der Waals surface area (Å²) < 4.78 is 37.1. The second-order valence-electron chi connectivity index (χ2n) is 7.02. The number of pyridine rings is 2. The lowest BCUT2D eigenvalue weighted by atomic mass is 10.2. The molecule has 3 aromatic heterocycles. The number of imidazole rings is 1. The highest BCUT2D eigenvalue weighted by Crippen LogP contribution is 2.34. The predicted octanol–water partition coefficient (Wildman–Crippen LogP) is 2.57. The zero-order valence-electron chi connectivity index (χ0n) is 15.8. The summed E-state index contributed by atoms with van der Waals surface area (Å²) in [7, 11) is -0.716. The molecule has 144 valence electrons. The van der Waals surface area contributed by atoms with Gasteiger partial charge in [0.25, 0.3) is 0 Å². The van der Waals surface area contributed by atoms with Gasteiger partial charge in [0.15, 0.2) is 9.84 Å². The monoisotopic (exact) mass is 390 g/mol. The number of aromatic nitrogens is 3. The van der Waals surface area contributed by atoms with E-state index in [1.54, 1.807) is 49.7 Å². The van der Waals surface area contributed by atoms with E-state index >= 15 is 0 Å². The normalized spacial score (nSPS) is 12.3. The van der Waals surface area contributed by atoms with Crippen LogP contribution < -0.4 is 15.2 Å². The van der Waals surface area contributed by atoms with Crippen LogP contribution in [-0.2, 0) is 9.84 Å². The molecule has 3 heterocycles. The van der Waals surface area contributed by atoms with Gasteiger partial charge in [-0.15, -0.1) is 0 Å². The number of anilines is 1. The molecule has 0 aliphatic heterocycles. The topological polar surface area (TPSA) is 109 Å². The molecular formula is C18H22N4O4S. The van der Waals surface area contributed by atoms with Gasteiger partial charge in [0.05, 0.1) is 36.5 Å². The van der Waals surface area contributed by atoms with Crippen LogP contribution in [0.1, 0.15) is 20.8 Å². The lowest BCUT2D eigenvalue weighted by Crippen LogP contribution is -2.28. The van der Waals surface area contributed by atoms with Crippen LogP contribution in [0.4, 0.5) is 5.69 Å². The van der Waals surface area contributed by atoms with Crippen molar-refractivity contribution in [1.29, 1.82) is 0 Å².